The van der Waals surface area contributed by atoms with Crippen molar-refractivity contribution >= 4 is 35.1 Å². The second-order valence-electron chi connectivity index (χ2n) is 12.6. The van der Waals surface area contributed by atoms with Gasteiger partial charge in [-0.2, -0.15) is 4.98 Å². The molecule has 0 unspecified atom stereocenters. The quantitative estimate of drug-likeness (QED) is 0.136. The van der Waals surface area contributed by atoms with Gasteiger partial charge in [0.1, 0.15) is 12.4 Å². The molecule has 2 N–H and O–H groups in total. The third-order valence-corrected chi connectivity index (χ3v) is 9.37. The Morgan fingerprint density at radius 1 is 0.880 bits per heavy atom. The summed E-state index contributed by atoms with van der Waals surface area (Å²) in [6.07, 6.45) is 0.213. The number of hydrogen-bond acceptors (Lipinski definition) is 10. The molecule has 266 valence electrons. The number of amides is 1. The second-order valence-corrected chi connectivity index (χ2v) is 13.0. The van der Waals surface area contributed by atoms with E-state index in [1.807, 2.05) is 25.1 Å². The van der Waals surface area contributed by atoms with Crippen molar-refractivity contribution in [3.63, 3.8) is 0 Å². The summed E-state index contributed by atoms with van der Waals surface area (Å²) < 4.78 is 23.2. The Kier molecular flexibility index (Phi) is 12.4. The number of nitrogens with one attached hydrogen (secondary N) is 2. The van der Waals surface area contributed by atoms with E-state index in [2.05, 4.69) is 59.3 Å². The Bertz CT molecular complexity index is 1810. The zero-order chi connectivity index (χ0) is 35.8. The Morgan fingerprint density at radius 3 is 2.36 bits per heavy atom. The van der Waals surface area contributed by atoms with E-state index in [1.165, 1.54) is 5.56 Å². The van der Waals surface area contributed by atoms with Crippen molar-refractivity contribution in [3.05, 3.63) is 81.4 Å². The maximum atomic E-state index is 13.0. The van der Waals surface area contributed by atoms with Crippen molar-refractivity contribution in [1.82, 2.24) is 19.8 Å². The summed E-state index contributed by atoms with van der Waals surface area (Å²) in [4.78, 5) is 27.3. The highest BCUT2D eigenvalue weighted by Crippen LogP contribution is 2.41. The standard InChI is InChI=1S/C38H47ClN6O5/c1-24-10-12-31(27(4)26(24)3)32-22-35(43-38(46)50-23-28-19-29(39)11-9-25(28)2)42-37(41-32)40-30-20-33(47-6)36(48-7)34(21-30)49-18-8-13-45-16-14-44(5)15-17-45/h9-12,19-22H,8,13-18,23H2,1-7H3,(H2,40,41,42,43,46). The maximum Gasteiger partial charge on any atom is 0.413 e. The van der Waals surface area contributed by atoms with Gasteiger partial charge in [-0.25, -0.2) is 9.78 Å². The zero-order valence-electron chi connectivity index (χ0n) is 30.0. The van der Waals surface area contributed by atoms with Gasteiger partial charge in [-0.05, 0) is 81.1 Å². The first-order chi connectivity index (χ1) is 24.0. The van der Waals surface area contributed by atoms with Crippen LogP contribution >= 0.6 is 11.6 Å². The first-order valence-corrected chi connectivity index (χ1v) is 17.1. The number of carbonyl (C=O) groups is 1. The van der Waals surface area contributed by atoms with Gasteiger partial charge < -0.3 is 34.1 Å². The summed E-state index contributed by atoms with van der Waals surface area (Å²) in [6, 6.07) is 14.9. The van der Waals surface area contributed by atoms with Crippen molar-refractivity contribution < 1.29 is 23.7 Å². The minimum absolute atomic E-state index is 0.0569. The molecule has 1 amide bonds. The number of halogens is 1. The summed E-state index contributed by atoms with van der Waals surface area (Å²) in [6.45, 7) is 14.0. The predicted octanol–water partition coefficient (Wildman–Crippen LogP) is 7.56. The molecule has 0 bridgehead atoms. The van der Waals surface area contributed by atoms with Crippen LogP contribution in [0.1, 0.15) is 34.2 Å². The lowest BCUT2D eigenvalue weighted by Gasteiger charge is -2.32. The molecule has 0 spiro atoms. The molecule has 0 aliphatic carbocycles. The number of anilines is 3. The van der Waals surface area contributed by atoms with E-state index in [9.17, 15) is 4.79 Å². The molecule has 0 atom stereocenters. The van der Waals surface area contributed by atoms with Gasteiger partial charge in [-0.3, -0.25) is 5.32 Å². The minimum Gasteiger partial charge on any atom is -0.493 e. The highest BCUT2D eigenvalue weighted by molar-refractivity contribution is 6.30. The molecule has 0 saturated carbocycles. The Morgan fingerprint density at radius 2 is 1.62 bits per heavy atom. The number of ether oxygens (including phenoxy) is 4. The highest BCUT2D eigenvalue weighted by Gasteiger charge is 2.18. The summed E-state index contributed by atoms with van der Waals surface area (Å²) in [5, 5.41) is 6.66. The molecule has 1 aromatic heterocycles. The summed E-state index contributed by atoms with van der Waals surface area (Å²) >= 11 is 6.16. The highest BCUT2D eigenvalue weighted by atomic mass is 35.5. The fourth-order valence-corrected chi connectivity index (χ4v) is 5.99. The molecule has 50 heavy (non-hydrogen) atoms. The largest absolute Gasteiger partial charge is 0.493 e. The van der Waals surface area contributed by atoms with Crippen LogP contribution in [0.15, 0.2) is 48.5 Å². The van der Waals surface area contributed by atoms with Crippen LogP contribution in [0, 0.1) is 27.7 Å². The van der Waals surface area contributed by atoms with Gasteiger partial charge in [0.05, 0.1) is 26.5 Å². The molecule has 11 nitrogen and oxygen atoms in total. The van der Waals surface area contributed by atoms with Crippen molar-refractivity contribution in [3.8, 4) is 28.5 Å². The van der Waals surface area contributed by atoms with E-state index < -0.39 is 6.09 Å². The third kappa shape index (κ3) is 9.35. The first kappa shape index (κ1) is 36.7. The van der Waals surface area contributed by atoms with Gasteiger partial charge >= 0.3 is 6.09 Å². The molecule has 12 heteroatoms. The van der Waals surface area contributed by atoms with Crippen LogP contribution in [0.4, 0.5) is 22.2 Å². The Balaban J connectivity index is 1.39. The predicted molar refractivity (Wildman–Crippen MR) is 199 cm³/mol. The fraction of sp³-hybridized carbons (Fsp3) is 0.395. The molecule has 3 aromatic carbocycles. The average molecular weight is 703 g/mol. The van der Waals surface area contributed by atoms with E-state index >= 15 is 0 Å². The van der Waals surface area contributed by atoms with Gasteiger partial charge in [0.15, 0.2) is 11.5 Å². The number of methoxy groups -OCH3 is 2. The summed E-state index contributed by atoms with van der Waals surface area (Å²) in [5.74, 6) is 2.05. The van der Waals surface area contributed by atoms with Gasteiger partial charge in [-0.1, -0.05) is 29.8 Å². The van der Waals surface area contributed by atoms with Gasteiger partial charge in [0.2, 0.25) is 11.7 Å². The number of nitrogens with zero attached hydrogens (tertiary/aromatic N) is 4. The van der Waals surface area contributed by atoms with Crippen LogP contribution in [-0.4, -0.2) is 86.5 Å². The molecular formula is C38H47ClN6O5. The minimum atomic E-state index is -0.657. The van der Waals surface area contributed by atoms with E-state index in [-0.39, 0.29) is 18.4 Å². The SMILES string of the molecule is COc1cc(Nc2nc(NC(=O)OCc3cc(Cl)ccc3C)cc(-c3ccc(C)c(C)c3C)n2)cc(OCCCN2CCN(C)CC2)c1OC. The van der Waals surface area contributed by atoms with E-state index in [4.69, 9.17) is 35.5 Å². The lowest BCUT2D eigenvalue weighted by molar-refractivity contribution is 0.145. The Hall–Kier alpha value is -4.58. The van der Waals surface area contributed by atoms with Gasteiger partial charge in [-0.15, -0.1) is 0 Å². The van der Waals surface area contributed by atoms with Crippen LogP contribution in [0.25, 0.3) is 11.3 Å². The van der Waals surface area contributed by atoms with Crippen LogP contribution < -0.4 is 24.8 Å². The number of aromatic nitrogens is 2. The van der Waals surface area contributed by atoms with E-state index in [0.717, 1.165) is 67.0 Å². The molecule has 1 saturated heterocycles. The number of piperazine rings is 1. The fourth-order valence-electron chi connectivity index (χ4n) is 5.80. The maximum absolute atomic E-state index is 13.0. The van der Waals surface area contributed by atoms with Crippen LogP contribution in [0.2, 0.25) is 5.02 Å². The van der Waals surface area contributed by atoms with E-state index in [0.29, 0.717) is 40.3 Å². The molecule has 2 heterocycles. The van der Waals surface area contributed by atoms with Gasteiger partial charge in [0, 0.05) is 67.2 Å². The number of likely N-dealkylation sites (N-methyl/N-ethyl adjacent to an activating group) is 1. The average Bonchev–Trinajstić information content (AvgIpc) is 3.10. The number of aryl methyl sites for hydroxylation is 2. The zero-order valence-corrected chi connectivity index (χ0v) is 30.7. The molecule has 0 radical (unpaired) electrons. The Labute approximate surface area is 299 Å². The molecule has 5 rings (SSSR count). The topological polar surface area (TPSA) is 110 Å². The van der Waals surface area contributed by atoms with Crippen LogP contribution in [0.5, 0.6) is 17.2 Å². The van der Waals surface area contributed by atoms with Crippen molar-refractivity contribution in [2.75, 3.05) is 71.2 Å². The van der Waals surface area contributed by atoms with E-state index in [1.54, 1.807) is 38.5 Å². The van der Waals surface area contributed by atoms with Gasteiger partial charge in [0.25, 0.3) is 0 Å². The second kappa shape index (κ2) is 16.9. The van der Waals surface area contributed by atoms with Crippen LogP contribution in [0.3, 0.4) is 0 Å². The lowest BCUT2D eigenvalue weighted by atomic mass is 9.97. The van der Waals surface area contributed by atoms with Crippen molar-refractivity contribution in [2.24, 2.45) is 0 Å². The lowest BCUT2D eigenvalue weighted by Crippen LogP contribution is -2.44. The number of benzene rings is 3. The smallest absolute Gasteiger partial charge is 0.413 e. The number of hydrogen-bond donors (Lipinski definition) is 2. The first-order valence-electron chi connectivity index (χ1n) is 16.8. The third-order valence-electron chi connectivity index (χ3n) is 9.13. The number of carbonyl (C=O) groups excluding carboxylic acids is 1. The molecule has 1 aliphatic rings. The summed E-state index contributed by atoms with van der Waals surface area (Å²) in [5.41, 5.74) is 7.38. The molecule has 1 fully saturated rings. The molecular weight excluding hydrogens is 656 g/mol. The normalized spacial score (nSPS) is 13.5. The summed E-state index contributed by atoms with van der Waals surface area (Å²) in [7, 11) is 5.32. The monoisotopic (exact) mass is 702 g/mol. The number of rotatable bonds is 13. The molecule has 1 aliphatic heterocycles. The molecule has 4 aromatic rings. The van der Waals surface area contributed by atoms with Crippen LogP contribution in [-0.2, 0) is 11.3 Å². The van der Waals surface area contributed by atoms with Crippen molar-refractivity contribution in [1.29, 1.82) is 0 Å². The van der Waals surface area contributed by atoms with Crippen molar-refractivity contribution in [2.45, 2.75) is 40.7 Å².